The van der Waals surface area contributed by atoms with Crippen LogP contribution < -0.4 is 16.0 Å². The van der Waals surface area contributed by atoms with Crippen LogP contribution >= 0.6 is 0 Å². The average molecular weight is 778 g/mol. The second-order valence-corrected chi connectivity index (χ2v) is 17.5. The van der Waals surface area contributed by atoms with Crippen LogP contribution in [-0.4, -0.2) is 92.7 Å². The van der Waals surface area contributed by atoms with Crippen molar-refractivity contribution in [2.24, 2.45) is 22.7 Å². The Morgan fingerprint density at radius 2 is 1.62 bits per heavy atom. The van der Waals surface area contributed by atoms with E-state index in [9.17, 15) is 29.1 Å². The fourth-order valence-corrected chi connectivity index (χ4v) is 9.04. The molecule has 0 radical (unpaired) electrons. The number of nitrogens with one attached hydrogen (secondary N) is 3. The van der Waals surface area contributed by atoms with E-state index in [1.807, 2.05) is 13.8 Å². The van der Waals surface area contributed by atoms with E-state index in [1.54, 1.807) is 46.8 Å². The maximum Gasteiger partial charge on any atom is 0.318 e. The van der Waals surface area contributed by atoms with Gasteiger partial charge in [0.25, 0.3) is 5.91 Å². The molecule has 1 saturated heterocycles. The summed E-state index contributed by atoms with van der Waals surface area (Å²) in [5.74, 6) is -2.80. The molecule has 4 aliphatic rings. The predicted molar refractivity (Wildman–Crippen MR) is 209 cm³/mol. The van der Waals surface area contributed by atoms with Gasteiger partial charge >= 0.3 is 12.0 Å². The third-order valence-corrected chi connectivity index (χ3v) is 13.7. The number of aryl methyl sites for hydroxylation is 1. The summed E-state index contributed by atoms with van der Waals surface area (Å²) >= 11 is 0. The summed E-state index contributed by atoms with van der Waals surface area (Å²) in [6.07, 6.45) is 11.1. The molecular formula is C42H60FN7O6. The minimum atomic E-state index is -0.968. The van der Waals surface area contributed by atoms with Crippen LogP contribution in [0.5, 0.6) is 0 Å². The number of rotatable bonds is 12. The first kappa shape index (κ1) is 41.2. The van der Waals surface area contributed by atoms with Crippen LogP contribution in [0.25, 0.3) is 0 Å². The number of halogens is 1. The fourth-order valence-electron chi connectivity index (χ4n) is 9.04. The van der Waals surface area contributed by atoms with Crippen molar-refractivity contribution in [1.29, 1.82) is 0 Å². The van der Waals surface area contributed by atoms with E-state index in [0.717, 1.165) is 64.2 Å². The summed E-state index contributed by atoms with van der Waals surface area (Å²) in [5, 5.41) is 22.6. The van der Waals surface area contributed by atoms with Crippen molar-refractivity contribution in [1.82, 2.24) is 30.2 Å². The van der Waals surface area contributed by atoms with Crippen LogP contribution in [0, 0.1) is 28.5 Å². The molecule has 306 valence electrons. The maximum absolute atomic E-state index is 16.0. The number of nitrogens with zero attached hydrogens (tertiary/aromatic N) is 4. The molecule has 2 heterocycles. The zero-order chi connectivity index (χ0) is 40.4. The third-order valence-electron chi connectivity index (χ3n) is 13.7. The van der Waals surface area contributed by atoms with Crippen molar-refractivity contribution in [3.8, 4) is 0 Å². The van der Waals surface area contributed by atoms with Crippen LogP contribution in [0.2, 0.25) is 0 Å². The van der Waals surface area contributed by atoms with Crippen molar-refractivity contribution in [2.75, 3.05) is 25.5 Å². The van der Waals surface area contributed by atoms with Crippen molar-refractivity contribution in [3.05, 3.63) is 47.5 Å². The van der Waals surface area contributed by atoms with Gasteiger partial charge in [0.05, 0.1) is 11.1 Å². The summed E-state index contributed by atoms with van der Waals surface area (Å²) in [4.78, 5) is 70.2. The summed E-state index contributed by atoms with van der Waals surface area (Å²) < 4.78 is 17.6. The molecule has 13 nitrogen and oxygen atoms in total. The molecule has 2 aromatic rings. The van der Waals surface area contributed by atoms with Crippen molar-refractivity contribution < 1.29 is 33.5 Å². The van der Waals surface area contributed by atoms with E-state index < -0.39 is 47.0 Å². The van der Waals surface area contributed by atoms with E-state index in [-0.39, 0.29) is 35.0 Å². The van der Waals surface area contributed by atoms with Crippen LogP contribution in [0.3, 0.4) is 0 Å². The van der Waals surface area contributed by atoms with Gasteiger partial charge in [-0.05, 0) is 119 Å². The molecule has 0 bridgehead atoms. The van der Waals surface area contributed by atoms with Gasteiger partial charge in [-0.15, -0.1) is 0 Å². The van der Waals surface area contributed by atoms with Gasteiger partial charge < -0.3 is 30.9 Å². The number of carbonyl (C=O) groups is 5. The van der Waals surface area contributed by atoms with Gasteiger partial charge in [-0.3, -0.25) is 23.9 Å². The molecule has 5 amide bonds. The van der Waals surface area contributed by atoms with Crippen LogP contribution in [-0.2, 0) is 20.9 Å². The lowest BCUT2D eigenvalue weighted by atomic mass is 9.61. The number of hydrogen-bond donors (Lipinski definition) is 4. The number of amides is 5. The van der Waals surface area contributed by atoms with Gasteiger partial charge in [-0.25, -0.2) is 9.18 Å². The molecule has 4 fully saturated rings. The van der Waals surface area contributed by atoms with Crippen LogP contribution in [0.15, 0.2) is 30.5 Å². The standard InChI is InChI=1S/C42H60FN7O6/c1-6-50-33(15-22-44-50)36(51)46-35(28-9-7-26(2)8-10-28)37(52)45-32-14-11-29(25-31(32)43)27(3)34(47-40(56)48(5)30-12-13-30)38(53)49-23-20-42(21-24-49)18-16-41(4,17-19-42)39(54)55/h11,14-15,22,25-28,30,34-35H,6-10,12-13,16-21,23-24H2,1-5H3,(H,45,52)(H,46,51)(H,47,56)(H,54,55)/t26?,27-,28?,34+,35-/m0/s1. The summed E-state index contributed by atoms with van der Waals surface area (Å²) in [6, 6.07) is 3.98. The first-order valence-corrected chi connectivity index (χ1v) is 20.6. The molecule has 3 atom stereocenters. The molecule has 3 aliphatic carbocycles. The van der Waals surface area contributed by atoms with E-state index >= 15 is 4.39 Å². The number of aliphatic carboxylic acids is 1. The number of carboxylic acid groups (broad SMARTS) is 1. The summed E-state index contributed by atoms with van der Waals surface area (Å²) in [7, 11) is 1.72. The first-order chi connectivity index (χ1) is 26.6. The highest BCUT2D eigenvalue weighted by Crippen LogP contribution is 2.50. The number of benzene rings is 1. The second kappa shape index (κ2) is 16.9. The number of carbonyl (C=O) groups excluding carboxylic acids is 4. The Kier molecular flexibility index (Phi) is 12.4. The third kappa shape index (κ3) is 9.04. The Hall–Kier alpha value is -4.49. The minimum absolute atomic E-state index is 0.000960. The predicted octanol–water partition coefficient (Wildman–Crippen LogP) is 6.16. The lowest BCUT2D eigenvalue weighted by molar-refractivity contribution is -0.152. The maximum atomic E-state index is 16.0. The van der Waals surface area contributed by atoms with Gasteiger partial charge in [-0.2, -0.15) is 5.10 Å². The van der Waals surface area contributed by atoms with Gasteiger partial charge in [0.1, 0.15) is 23.6 Å². The van der Waals surface area contributed by atoms with Gasteiger partial charge in [-0.1, -0.05) is 32.8 Å². The highest BCUT2D eigenvalue weighted by Gasteiger charge is 2.47. The van der Waals surface area contributed by atoms with E-state index in [4.69, 9.17) is 0 Å². The average Bonchev–Trinajstić information content (AvgIpc) is 3.93. The number of likely N-dealkylation sites (tertiary alicyclic amines) is 1. The van der Waals surface area contributed by atoms with E-state index in [0.29, 0.717) is 49.7 Å². The molecule has 6 rings (SSSR count). The Labute approximate surface area is 329 Å². The lowest BCUT2D eigenvalue weighted by Gasteiger charge is -2.48. The van der Waals surface area contributed by atoms with Gasteiger partial charge in [0.2, 0.25) is 11.8 Å². The Morgan fingerprint density at radius 3 is 2.21 bits per heavy atom. The second-order valence-electron chi connectivity index (χ2n) is 17.5. The summed E-state index contributed by atoms with van der Waals surface area (Å²) in [6.45, 7) is 9.15. The number of piperidine rings is 1. The zero-order valence-corrected chi connectivity index (χ0v) is 33.6. The quantitative estimate of drug-likeness (QED) is 0.201. The largest absolute Gasteiger partial charge is 0.481 e. The number of urea groups is 1. The van der Waals surface area contributed by atoms with Crippen molar-refractivity contribution in [2.45, 2.75) is 135 Å². The topological polar surface area (TPSA) is 166 Å². The SMILES string of the molecule is CCn1nccc1C(=O)N[C@H](C(=O)Nc1ccc([C@H](C)[C@@H](NC(=O)N(C)C2CC2)C(=O)N2CCC3(CC2)CCC(C)(C(=O)O)CC3)cc1F)C1CCC(C)CC1. The number of anilines is 1. The minimum Gasteiger partial charge on any atom is -0.481 e. The van der Waals surface area contributed by atoms with Crippen molar-refractivity contribution in [3.63, 3.8) is 0 Å². The molecule has 1 aliphatic heterocycles. The lowest BCUT2D eigenvalue weighted by Crippen LogP contribution is -2.56. The normalized spacial score (nSPS) is 23.4. The first-order valence-electron chi connectivity index (χ1n) is 20.6. The molecule has 56 heavy (non-hydrogen) atoms. The molecule has 1 aromatic heterocycles. The number of carboxylic acids is 1. The van der Waals surface area contributed by atoms with Crippen LogP contribution in [0.4, 0.5) is 14.9 Å². The molecular weight excluding hydrogens is 718 g/mol. The molecule has 0 unspecified atom stereocenters. The van der Waals surface area contributed by atoms with E-state index in [1.165, 1.54) is 12.1 Å². The number of hydrogen-bond acceptors (Lipinski definition) is 6. The highest BCUT2D eigenvalue weighted by molar-refractivity contribution is 6.00. The fraction of sp³-hybridized carbons (Fsp3) is 0.667. The van der Waals surface area contributed by atoms with Gasteiger partial charge in [0.15, 0.2) is 0 Å². The zero-order valence-electron chi connectivity index (χ0n) is 33.6. The monoisotopic (exact) mass is 777 g/mol. The Morgan fingerprint density at radius 1 is 0.964 bits per heavy atom. The van der Waals surface area contributed by atoms with Crippen molar-refractivity contribution >= 4 is 35.4 Å². The number of aromatic nitrogens is 2. The molecule has 1 spiro atoms. The van der Waals surface area contributed by atoms with Crippen LogP contribution in [0.1, 0.15) is 127 Å². The molecule has 3 saturated carbocycles. The Balaban J connectivity index is 1.16. The summed E-state index contributed by atoms with van der Waals surface area (Å²) in [5.41, 5.74) is 0.0819. The smallest absolute Gasteiger partial charge is 0.318 e. The molecule has 4 N–H and O–H groups in total. The highest BCUT2D eigenvalue weighted by atomic mass is 19.1. The van der Waals surface area contributed by atoms with E-state index in [2.05, 4.69) is 28.0 Å². The molecule has 1 aromatic carbocycles. The van der Waals surface area contributed by atoms with Gasteiger partial charge in [0, 0.05) is 44.8 Å². The Bertz CT molecular complexity index is 1770. The molecule has 14 heteroatoms.